The van der Waals surface area contributed by atoms with Gasteiger partial charge in [0.15, 0.2) is 0 Å². The molecule has 0 radical (unpaired) electrons. The van der Waals surface area contributed by atoms with Gasteiger partial charge in [0.05, 0.1) is 17.6 Å². The fourth-order valence-corrected chi connectivity index (χ4v) is 4.38. The Bertz CT molecular complexity index is 579. The molecule has 0 saturated carbocycles. The molecule has 2 rings (SSSR count). The largest absolute Gasteiger partial charge is 0.377 e. The number of hydrogen-bond donors (Lipinski definition) is 1. The van der Waals surface area contributed by atoms with Gasteiger partial charge in [-0.05, 0) is 43.9 Å². The average Bonchev–Trinajstić information content (AvgIpc) is 2.48. The van der Waals surface area contributed by atoms with Crippen molar-refractivity contribution in [2.75, 3.05) is 26.2 Å². The number of rotatable bonds is 5. The zero-order chi connectivity index (χ0) is 15.5. The van der Waals surface area contributed by atoms with Crippen LogP contribution in [0.2, 0.25) is 0 Å². The Balaban J connectivity index is 2.10. The highest BCUT2D eigenvalue weighted by atomic mass is 32.2. The molecular weight excluding hydrogens is 288 g/mol. The van der Waals surface area contributed by atoms with Gasteiger partial charge in [-0.2, -0.15) is 4.31 Å². The highest BCUT2D eigenvalue weighted by Gasteiger charge is 2.30. The van der Waals surface area contributed by atoms with E-state index in [0.717, 1.165) is 24.0 Å². The zero-order valence-electron chi connectivity index (χ0n) is 12.7. The second-order valence-electron chi connectivity index (χ2n) is 5.53. The summed E-state index contributed by atoms with van der Waals surface area (Å²) in [7, 11) is -3.41. The predicted octanol–water partition coefficient (Wildman–Crippen LogP) is 1.43. The van der Waals surface area contributed by atoms with Crippen LogP contribution in [0.1, 0.15) is 24.0 Å². The van der Waals surface area contributed by atoms with Gasteiger partial charge in [0, 0.05) is 19.6 Å². The SMILES string of the molecule is Cc1ccc(C)c(S(=O)(=O)N2CCC(OCCN)CC2)c1. The Hall–Kier alpha value is -0.950. The Morgan fingerprint density at radius 2 is 1.95 bits per heavy atom. The van der Waals surface area contributed by atoms with Crippen molar-refractivity contribution >= 4 is 10.0 Å². The molecule has 0 aliphatic carbocycles. The quantitative estimate of drug-likeness (QED) is 0.893. The second kappa shape index (κ2) is 6.87. The van der Waals surface area contributed by atoms with Gasteiger partial charge < -0.3 is 10.5 Å². The molecule has 118 valence electrons. The van der Waals surface area contributed by atoms with Gasteiger partial charge >= 0.3 is 0 Å². The van der Waals surface area contributed by atoms with Gasteiger partial charge in [-0.3, -0.25) is 0 Å². The van der Waals surface area contributed by atoms with Gasteiger partial charge in [0.2, 0.25) is 10.0 Å². The Kier molecular flexibility index (Phi) is 5.37. The summed E-state index contributed by atoms with van der Waals surface area (Å²) >= 11 is 0. The van der Waals surface area contributed by atoms with Crippen molar-refractivity contribution in [3.05, 3.63) is 29.3 Å². The monoisotopic (exact) mass is 312 g/mol. The lowest BCUT2D eigenvalue weighted by Gasteiger charge is -2.31. The summed E-state index contributed by atoms with van der Waals surface area (Å²) in [6, 6.07) is 5.54. The van der Waals surface area contributed by atoms with E-state index >= 15 is 0 Å². The van der Waals surface area contributed by atoms with Crippen LogP contribution in [-0.2, 0) is 14.8 Å². The lowest BCUT2D eigenvalue weighted by Crippen LogP contribution is -2.41. The van der Waals surface area contributed by atoms with Crippen molar-refractivity contribution in [1.29, 1.82) is 0 Å². The first-order valence-electron chi connectivity index (χ1n) is 7.34. The minimum Gasteiger partial charge on any atom is -0.377 e. The maximum Gasteiger partial charge on any atom is 0.243 e. The summed E-state index contributed by atoms with van der Waals surface area (Å²) < 4.78 is 32.7. The fourth-order valence-electron chi connectivity index (χ4n) is 2.60. The van der Waals surface area contributed by atoms with E-state index < -0.39 is 10.0 Å². The van der Waals surface area contributed by atoms with Crippen LogP contribution in [0.5, 0.6) is 0 Å². The van der Waals surface area contributed by atoms with Crippen LogP contribution in [0.4, 0.5) is 0 Å². The molecule has 1 aliphatic rings. The van der Waals surface area contributed by atoms with Crippen molar-refractivity contribution in [1.82, 2.24) is 4.31 Å². The average molecular weight is 312 g/mol. The van der Waals surface area contributed by atoms with Gasteiger partial charge in [0.1, 0.15) is 0 Å². The topological polar surface area (TPSA) is 72.6 Å². The van der Waals surface area contributed by atoms with Gasteiger partial charge in [0.25, 0.3) is 0 Å². The van der Waals surface area contributed by atoms with Crippen LogP contribution in [0.3, 0.4) is 0 Å². The van der Waals surface area contributed by atoms with Gasteiger partial charge in [-0.25, -0.2) is 8.42 Å². The molecule has 1 aromatic carbocycles. The first kappa shape index (κ1) is 16.4. The van der Waals surface area contributed by atoms with E-state index in [1.807, 2.05) is 26.0 Å². The van der Waals surface area contributed by atoms with Gasteiger partial charge in [-0.1, -0.05) is 12.1 Å². The number of piperidine rings is 1. The Labute approximate surface area is 127 Å². The predicted molar refractivity (Wildman–Crippen MR) is 82.7 cm³/mol. The molecule has 6 heteroatoms. The van der Waals surface area contributed by atoms with Crippen molar-refractivity contribution < 1.29 is 13.2 Å². The Morgan fingerprint density at radius 1 is 1.29 bits per heavy atom. The van der Waals surface area contributed by atoms with Crippen LogP contribution < -0.4 is 5.73 Å². The molecule has 1 aliphatic heterocycles. The molecule has 0 spiro atoms. The van der Waals surface area contributed by atoms with E-state index in [2.05, 4.69) is 0 Å². The summed E-state index contributed by atoms with van der Waals surface area (Å²) in [6.45, 7) is 5.79. The number of nitrogens with two attached hydrogens (primary N) is 1. The van der Waals surface area contributed by atoms with E-state index in [0.29, 0.717) is 31.1 Å². The third kappa shape index (κ3) is 3.83. The molecular formula is C15H24N2O3S. The lowest BCUT2D eigenvalue weighted by atomic mass is 10.1. The summed E-state index contributed by atoms with van der Waals surface area (Å²) in [5.74, 6) is 0. The van der Waals surface area contributed by atoms with Crippen LogP contribution in [0, 0.1) is 13.8 Å². The summed E-state index contributed by atoms with van der Waals surface area (Å²) in [6.07, 6.45) is 1.58. The maximum absolute atomic E-state index is 12.7. The van der Waals surface area contributed by atoms with Crippen molar-refractivity contribution in [2.24, 2.45) is 5.73 Å². The summed E-state index contributed by atoms with van der Waals surface area (Å²) in [4.78, 5) is 0.420. The lowest BCUT2D eigenvalue weighted by molar-refractivity contribution is 0.0257. The standard InChI is InChI=1S/C15H24N2O3S/c1-12-3-4-13(2)15(11-12)21(18,19)17-8-5-14(6-9-17)20-10-7-16/h3-4,11,14H,5-10,16H2,1-2H3. The fraction of sp³-hybridized carbons (Fsp3) is 0.600. The minimum absolute atomic E-state index is 0.124. The molecule has 0 atom stereocenters. The van der Waals surface area contributed by atoms with Crippen LogP contribution in [0.15, 0.2) is 23.1 Å². The number of aryl methyl sites for hydroxylation is 2. The summed E-state index contributed by atoms with van der Waals surface area (Å²) in [5.41, 5.74) is 7.17. The molecule has 2 N–H and O–H groups in total. The molecule has 21 heavy (non-hydrogen) atoms. The highest BCUT2D eigenvalue weighted by molar-refractivity contribution is 7.89. The normalized spacial score (nSPS) is 18.0. The summed E-state index contributed by atoms with van der Waals surface area (Å²) in [5, 5.41) is 0. The molecule has 1 saturated heterocycles. The van der Waals surface area contributed by atoms with E-state index in [9.17, 15) is 8.42 Å². The third-order valence-electron chi connectivity index (χ3n) is 3.83. The molecule has 1 fully saturated rings. The van der Waals surface area contributed by atoms with Crippen molar-refractivity contribution in [3.8, 4) is 0 Å². The van der Waals surface area contributed by atoms with Gasteiger partial charge in [-0.15, -0.1) is 0 Å². The first-order chi connectivity index (χ1) is 9.95. The smallest absolute Gasteiger partial charge is 0.243 e. The molecule has 1 heterocycles. The molecule has 0 amide bonds. The highest BCUT2D eigenvalue weighted by Crippen LogP contribution is 2.25. The van der Waals surface area contributed by atoms with Crippen molar-refractivity contribution in [2.45, 2.75) is 37.7 Å². The van der Waals surface area contributed by atoms with Crippen LogP contribution >= 0.6 is 0 Å². The second-order valence-corrected chi connectivity index (χ2v) is 7.44. The van der Waals surface area contributed by atoms with E-state index in [1.54, 1.807) is 10.4 Å². The minimum atomic E-state index is -3.41. The Morgan fingerprint density at radius 3 is 2.57 bits per heavy atom. The molecule has 0 bridgehead atoms. The van der Waals surface area contributed by atoms with E-state index in [4.69, 9.17) is 10.5 Å². The van der Waals surface area contributed by atoms with Crippen LogP contribution in [-0.4, -0.2) is 45.1 Å². The molecule has 0 aromatic heterocycles. The zero-order valence-corrected chi connectivity index (χ0v) is 13.5. The molecule has 1 aromatic rings. The van der Waals surface area contributed by atoms with E-state index in [-0.39, 0.29) is 6.10 Å². The van der Waals surface area contributed by atoms with E-state index in [1.165, 1.54) is 0 Å². The first-order valence-corrected chi connectivity index (χ1v) is 8.78. The molecule has 5 nitrogen and oxygen atoms in total. The third-order valence-corrected chi connectivity index (χ3v) is 5.87. The van der Waals surface area contributed by atoms with Crippen LogP contribution in [0.25, 0.3) is 0 Å². The number of hydrogen-bond acceptors (Lipinski definition) is 4. The van der Waals surface area contributed by atoms with Crippen molar-refractivity contribution in [3.63, 3.8) is 0 Å². The number of benzene rings is 1. The maximum atomic E-state index is 12.7. The number of sulfonamides is 1. The molecule has 0 unspecified atom stereocenters. The number of nitrogens with zero attached hydrogens (tertiary/aromatic N) is 1. The number of ether oxygens (including phenoxy) is 1.